The fourth-order valence-electron chi connectivity index (χ4n) is 2.71. The molecule has 0 unspecified atom stereocenters. The number of hydrogen-bond donors (Lipinski definition) is 0. The molecule has 0 radical (unpaired) electrons. The molecule has 0 amide bonds. The number of nitriles is 1. The highest BCUT2D eigenvalue weighted by molar-refractivity contribution is 7.99. The van der Waals surface area contributed by atoms with Crippen molar-refractivity contribution in [3.8, 4) is 11.8 Å². The monoisotopic (exact) mass is 366 g/mol. The number of hydrogen-bond acceptors (Lipinski definition) is 6. The summed E-state index contributed by atoms with van der Waals surface area (Å²) in [6.45, 7) is 1.19. The molecule has 132 valence electrons. The Morgan fingerprint density at radius 1 is 1.27 bits per heavy atom. The Hall–Kier alpha value is -2.72. The Labute approximate surface area is 155 Å². The number of benzene rings is 1. The smallest absolute Gasteiger partial charge is 0.191 e. The van der Waals surface area contributed by atoms with Crippen LogP contribution < -0.4 is 4.74 Å². The molecule has 0 spiro atoms. The predicted molar refractivity (Wildman–Crippen MR) is 97.2 cm³/mol. The highest BCUT2D eigenvalue weighted by atomic mass is 32.2. The highest BCUT2D eigenvalue weighted by Gasteiger charge is 2.30. The van der Waals surface area contributed by atoms with E-state index in [4.69, 9.17) is 14.4 Å². The number of rotatable bonds is 8. The fourth-order valence-corrected chi connectivity index (χ4v) is 3.47. The van der Waals surface area contributed by atoms with Gasteiger partial charge in [0.1, 0.15) is 17.3 Å². The Morgan fingerprint density at radius 2 is 2.19 bits per heavy atom. The van der Waals surface area contributed by atoms with Crippen LogP contribution in [0.15, 0.2) is 52.2 Å². The zero-order chi connectivity index (χ0) is 17.8. The molecule has 1 fully saturated rings. The van der Waals surface area contributed by atoms with Gasteiger partial charge >= 0.3 is 0 Å². The molecule has 1 aliphatic carbocycles. The molecular weight excluding hydrogens is 348 g/mol. The van der Waals surface area contributed by atoms with E-state index in [2.05, 4.69) is 20.8 Å². The number of furan rings is 1. The number of ether oxygens (including phenoxy) is 1. The molecular formula is C19H18N4O2S. The lowest BCUT2D eigenvalue weighted by Crippen LogP contribution is -2.07. The van der Waals surface area contributed by atoms with Gasteiger partial charge in [-0.1, -0.05) is 17.8 Å². The van der Waals surface area contributed by atoms with Gasteiger partial charge in [-0.2, -0.15) is 5.26 Å². The van der Waals surface area contributed by atoms with Crippen LogP contribution in [0.25, 0.3) is 0 Å². The average molecular weight is 366 g/mol. The van der Waals surface area contributed by atoms with Crippen LogP contribution in [-0.2, 0) is 6.54 Å². The van der Waals surface area contributed by atoms with Crippen molar-refractivity contribution in [1.29, 1.82) is 5.26 Å². The standard InChI is InChI=1S/C19H18N4O2S/c20-12-14-3-1-4-16(11-14)25-9-10-26-19-22-21-18(15-6-7-15)23(19)13-17-5-2-8-24-17/h1-5,8,11,15H,6-7,9-10,13H2. The van der Waals surface area contributed by atoms with Crippen LogP contribution in [-0.4, -0.2) is 27.1 Å². The molecule has 6 nitrogen and oxygen atoms in total. The van der Waals surface area contributed by atoms with Crippen molar-refractivity contribution in [1.82, 2.24) is 14.8 Å². The van der Waals surface area contributed by atoms with Gasteiger partial charge in [0.25, 0.3) is 0 Å². The minimum atomic E-state index is 0.525. The first kappa shape index (κ1) is 16.7. The maximum atomic E-state index is 8.94. The second kappa shape index (κ2) is 7.67. The molecule has 4 rings (SSSR count). The molecule has 2 heterocycles. The first-order valence-corrected chi connectivity index (χ1v) is 9.53. The van der Waals surface area contributed by atoms with E-state index >= 15 is 0 Å². The van der Waals surface area contributed by atoms with Crippen LogP contribution in [0.1, 0.15) is 35.9 Å². The van der Waals surface area contributed by atoms with E-state index in [1.807, 2.05) is 24.3 Å². The van der Waals surface area contributed by atoms with E-state index in [1.54, 1.807) is 30.2 Å². The maximum absolute atomic E-state index is 8.94. The van der Waals surface area contributed by atoms with Crippen LogP contribution >= 0.6 is 11.8 Å². The molecule has 0 saturated heterocycles. The van der Waals surface area contributed by atoms with Gasteiger partial charge in [0.05, 0.1) is 31.0 Å². The first-order valence-electron chi connectivity index (χ1n) is 8.55. The maximum Gasteiger partial charge on any atom is 0.191 e. The topological polar surface area (TPSA) is 76.9 Å². The zero-order valence-electron chi connectivity index (χ0n) is 14.2. The van der Waals surface area contributed by atoms with E-state index in [0.717, 1.165) is 22.5 Å². The van der Waals surface area contributed by atoms with Gasteiger partial charge in [-0.3, -0.25) is 4.57 Å². The summed E-state index contributed by atoms with van der Waals surface area (Å²) in [5.41, 5.74) is 0.599. The largest absolute Gasteiger partial charge is 0.493 e. The molecule has 0 aliphatic heterocycles. The van der Waals surface area contributed by atoms with Gasteiger partial charge < -0.3 is 9.15 Å². The molecule has 7 heteroatoms. The Balaban J connectivity index is 1.37. The lowest BCUT2D eigenvalue weighted by Gasteiger charge is -2.09. The summed E-state index contributed by atoms with van der Waals surface area (Å²) in [6.07, 6.45) is 4.05. The van der Waals surface area contributed by atoms with Crippen molar-refractivity contribution in [2.45, 2.75) is 30.5 Å². The van der Waals surface area contributed by atoms with Crippen LogP contribution in [0.2, 0.25) is 0 Å². The van der Waals surface area contributed by atoms with Gasteiger partial charge in [0.2, 0.25) is 0 Å². The molecule has 26 heavy (non-hydrogen) atoms. The molecule has 1 aliphatic rings. The van der Waals surface area contributed by atoms with Crippen molar-refractivity contribution in [3.05, 3.63) is 59.8 Å². The van der Waals surface area contributed by atoms with Gasteiger partial charge in [-0.05, 0) is 43.2 Å². The third-order valence-corrected chi connectivity index (χ3v) is 5.06. The summed E-state index contributed by atoms with van der Waals surface area (Å²) in [4.78, 5) is 0. The summed E-state index contributed by atoms with van der Waals surface area (Å²) < 4.78 is 13.4. The van der Waals surface area contributed by atoms with Crippen LogP contribution in [0.5, 0.6) is 5.75 Å². The molecule has 0 atom stereocenters. The molecule has 1 saturated carbocycles. The van der Waals surface area contributed by atoms with Crippen molar-refractivity contribution in [2.75, 3.05) is 12.4 Å². The van der Waals surface area contributed by atoms with E-state index in [0.29, 0.717) is 30.4 Å². The van der Waals surface area contributed by atoms with Crippen molar-refractivity contribution >= 4 is 11.8 Å². The minimum Gasteiger partial charge on any atom is -0.493 e. The Bertz CT molecular complexity index is 910. The lowest BCUT2D eigenvalue weighted by molar-refractivity contribution is 0.343. The number of aromatic nitrogens is 3. The van der Waals surface area contributed by atoms with Gasteiger partial charge in [-0.25, -0.2) is 0 Å². The zero-order valence-corrected chi connectivity index (χ0v) is 15.0. The average Bonchev–Trinajstić information content (AvgIpc) is 3.24. The molecule has 3 aromatic rings. The normalized spacial score (nSPS) is 13.5. The Morgan fingerprint density at radius 3 is 2.96 bits per heavy atom. The van der Waals surface area contributed by atoms with Crippen molar-refractivity contribution in [3.63, 3.8) is 0 Å². The van der Waals surface area contributed by atoms with Gasteiger partial charge in [0.15, 0.2) is 5.16 Å². The number of thioether (sulfide) groups is 1. The third-order valence-electron chi connectivity index (χ3n) is 4.13. The quantitative estimate of drug-likeness (QED) is 0.445. The van der Waals surface area contributed by atoms with Gasteiger partial charge in [0, 0.05) is 11.7 Å². The summed E-state index contributed by atoms with van der Waals surface area (Å²) in [7, 11) is 0. The van der Waals surface area contributed by atoms with Crippen LogP contribution in [0, 0.1) is 11.3 Å². The SMILES string of the molecule is N#Cc1cccc(OCCSc2nnc(C3CC3)n2Cc2ccco2)c1. The highest BCUT2D eigenvalue weighted by Crippen LogP contribution is 2.40. The van der Waals surface area contributed by atoms with E-state index < -0.39 is 0 Å². The molecule has 1 aromatic carbocycles. The summed E-state index contributed by atoms with van der Waals surface area (Å²) in [5, 5.41) is 18.6. The Kier molecular flexibility index (Phi) is 4.93. The van der Waals surface area contributed by atoms with E-state index in [9.17, 15) is 0 Å². The van der Waals surface area contributed by atoms with E-state index in [1.165, 1.54) is 12.8 Å². The summed E-state index contributed by atoms with van der Waals surface area (Å²) in [5.74, 6) is 3.93. The second-order valence-electron chi connectivity index (χ2n) is 6.12. The van der Waals surface area contributed by atoms with Crippen LogP contribution in [0.4, 0.5) is 0 Å². The molecule has 0 N–H and O–H groups in total. The summed E-state index contributed by atoms with van der Waals surface area (Å²) >= 11 is 1.62. The number of nitrogens with zero attached hydrogens (tertiary/aromatic N) is 4. The fraction of sp³-hybridized carbons (Fsp3) is 0.316. The predicted octanol–water partition coefficient (Wildman–Crippen LogP) is 3.84. The lowest BCUT2D eigenvalue weighted by atomic mass is 10.2. The molecule has 0 bridgehead atoms. The second-order valence-corrected chi connectivity index (χ2v) is 7.18. The van der Waals surface area contributed by atoms with E-state index in [-0.39, 0.29) is 0 Å². The van der Waals surface area contributed by atoms with Crippen LogP contribution in [0.3, 0.4) is 0 Å². The van der Waals surface area contributed by atoms with Gasteiger partial charge in [-0.15, -0.1) is 10.2 Å². The first-order chi connectivity index (χ1) is 12.8. The summed E-state index contributed by atoms with van der Waals surface area (Å²) in [6, 6.07) is 13.2. The van der Waals surface area contributed by atoms with Crippen molar-refractivity contribution < 1.29 is 9.15 Å². The third kappa shape index (κ3) is 3.92. The van der Waals surface area contributed by atoms with Crippen molar-refractivity contribution in [2.24, 2.45) is 0 Å². The minimum absolute atomic E-state index is 0.525. The molecule has 2 aromatic heterocycles.